The molecule has 1 aromatic carbocycles. The maximum atomic E-state index is 12.6. The predicted octanol–water partition coefficient (Wildman–Crippen LogP) is 2.66. The molecule has 1 aromatic rings. The van der Waals surface area contributed by atoms with Crippen LogP contribution < -0.4 is 10.4 Å². The second-order valence-corrected chi connectivity index (χ2v) is 6.78. The number of aryl methyl sites for hydroxylation is 2. The fraction of sp³-hybridized carbons (Fsp3) is 0.364. The van der Waals surface area contributed by atoms with E-state index in [4.69, 9.17) is 4.52 Å². The quantitative estimate of drug-likeness (QED) is 0.853. The second-order valence-electron chi connectivity index (χ2n) is 3.96. The fourth-order valence-electron chi connectivity index (χ4n) is 2.07. The zero-order chi connectivity index (χ0) is 12.8. The van der Waals surface area contributed by atoms with Crippen LogP contribution in [0.4, 0.5) is 0 Å². The van der Waals surface area contributed by atoms with Crippen molar-refractivity contribution in [2.75, 3.05) is 6.61 Å². The molecule has 1 atom stereocenters. The number of benzene rings is 1. The Bertz CT molecular complexity index is 556. The molecule has 1 heterocycles. The van der Waals surface area contributed by atoms with Gasteiger partial charge in [0.1, 0.15) is 0 Å². The van der Waals surface area contributed by atoms with Crippen LogP contribution in [0.1, 0.15) is 28.4 Å². The first-order chi connectivity index (χ1) is 7.90. The van der Waals surface area contributed by atoms with Gasteiger partial charge in [-0.05, 0) is 47.8 Å². The molecule has 1 unspecified atom stereocenters. The minimum Gasteiger partial charge on any atom is -0.310 e. The van der Waals surface area contributed by atoms with E-state index in [1.807, 2.05) is 19.9 Å². The summed E-state index contributed by atoms with van der Waals surface area (Å²) in [7, 11) is -3.23. The Balaban J connectivity index is 2.75. The lowest BCUT2D eigenvalue weighted by Crippen LogP contribution is -2.15. The van der Waals surface area contributed by atoms with Gasteiger partial charge in [0, 0.05) is 4.47 Å². The molecule has 1 N–H and O–H groups in total. The molecular weight excluding hydrogens is 305 g/mol. The number of rotatable bonds is 2. The summed E-state index contributed by atoms with van der Waals surface area (Å²) in [6.45, 7) is 5.78. The molecule has 0 bridgehead atoms. The minimum absolute atomic E-state index is 0.294. The molecule has 17 heavy (non-hydrogen) atoms. The summed E-state index contributed by atoms with van der Waals surface area (Å²) in [5, 5.41) is 2.97. The molecule has 0 aromatic heterocycles. The second kappa shape index (κ2) is 4.23. The van der Waals surface area contributed by atoms with Crippen LogP contribution in [0.25, 0.3) is 0 Å². The summed E-state index contributed by atoms with van der Waals surface area (Å²) in [5.41, 5.74) is 2.21. The number of halogens is 1. The third-order valence-electron chi connectivity index (χ3n) is 2.69. The van der Waals surface area contributed by atoms with E-state index in [1.54, 1.807) is 6.92 Å². The van der Waals surface area contributed by atoms with E-state index in [-0.39, 0.29) is 5.91 Å². The van der Waals surface area contributed by atoms with Crippen LogP contribution in [0, 0.1) is 13.8 Å². The van der Waals surface area contributed by atoms with Crippen molar-refractivity contribution in [3.8, 4) is 0 Å². The van der Waals surface area contributed by atoms with E-state index in [0.29, 0.717) is 21.9 Å². The van der Waals surface area contributed by atoms with Gasteiger partial charge in [-0.2, -0.15) is 0 Å². The smallest absolute Gasteiger partial charge is 0.310 e. The maximum absolute atomic E-state index is 12.6. The molecule has 1 amide bonds. The first-order valence-corrected chi connectivity index (χ1v) is 7.70. The van der Waals surface area contributed by atoms with Crippen molar-refractivity contribution in [2.45, 2.75) is 20.8 Å². The fourth-order valence-corrected chi connectivity index (χ4v) is 4.80. The molecule has 92 valence electrons. The van der Waals surface area contributed by atoms with E-state index in [2.05, 4.69) is 21.0 Å². The van der Waals surface area contributed by atoms with Gasteiger partial charge in [-0.15, -0.1) is 0 Å². The third-order valence-corrected chi connectivity index (χ3v) is 6.00. The Morgan fingerprint density at radius 3 is 2.65 bits per heavy atom. The highest BCUT2D eigenvalue weighted by Crippen LogP contribution is 2.49. The van der Waals surface area contributed by atoms with Crippen LogP contribution in [0.5, 0.6) is 0 Å². The summed E-state index contributed by atoms with van der Waals surface area (Å²) >= 11 is 3.37. The zero-order valence-electron chi connectivity index (χ0n) is 9.83. The SMILES string of the molecule is CCOP1(=O)NC(=O)c2c(Br)c(C)cc(C)c21. The molecule has 4 nitrogen and oxygen atoms in total. The van der Waals surface area contributed by atoms with Crippen LogP contribution in [-0.4, -0.2) is 12.5 Å². The van der Waals surface area contributed by atoms with Gasteiger partial charge >= 0.3 is 7.52 Å². The summed E-state index contributed by atoms with van der Waals surface area (Å²) in [6, 6.07) is 1.90. The van der Waals surface area contributed by atoms with E-state index >= 15 is 0 Å². The summed E-state index contributed by atoms with van der Waals surface area (Å²) in [5.74, 6) is -0.338. The molecule has 2 rings (SSSR count). The lowest BCUT2D eigenvalue weighted by molar-refractivity contribution is 0.0981. The van der Waals surface area contributed by atoms with Crippen molar-refractivity contribution >= 4 is 34.7 Å². The van der Waals surface area contributed by atoms with Crippen LogP contribution in [0.3, 0.4) is 0 Å². The molecule has 0 spiro atoms. The first-order valence-electron chi connectivity index (χ1n) is 5.28. The molecule has 6 heteroatoms. The Morgan fingerprint density at radius 1 is 1.41 bits per heavy atom. The number of hydrogen-bond donors (Lipinski definition) is 1. The highest BCUT2D eigenvalue weighted by atomic mass is 79.9. The first kappa shape index (κ1) is 12.8. The van der Waals surface area contributed by atoms with Crippen molar-refractivity contribution in [2.24, 2.45) is 0 Å². The van der Waals surface area contributed by atoms with Crippen molar-refractivity contribution < 1.29 is 13.9 Å². The van der Waals surface area contributed by atoms with Crippen LogP contribution in [-0.2, 0) is 9.09 Å². The van der Waals surface area contributed by atoms with Crippen molar-refractivity contribution in [1.29, 1.82) is 0 Å². The van der Waals surface area contributed by atoms with Gasteiger partial charge in [0.05, 0.1) is 17.5 Å². The van der Waals surface area contributed by atoms with E-state index < -0.39 is 7.52 Å². The molecule has 0 fully saturated rings. The number of nitrogens with one attached hydrogen (secondary N) is 1. The topological polar surface area (TPSA) is 55.4 Å². The molecule has 0 saturated carbocycles. The largest absolute Gasteiger partial charge is 0.327 e. The number of carbonyl (C=O) groups is 1. The van der Waals surface area contributed by atoms with Gasteiger partial charge < -0.3 is 4.52 Å². The van der Waals surface area contributed by atoms with Gasteiger partial charge in [-0.25, -0.2) is 0 Å². The average molecular weight is 318 g/mol. The summed E-state index contributed by atoms with van der Waals surface area (Å²) < 4.78 is 18.5. The molecule has 0 aliphatic carbocycles. The number of amides is 1. The van der Waals surface area contributed by atoms with Crippen LogP contribution in [0.15, 0.2) is 10.5 Å². The number of carbonyl (C=O) groups excluding carboxylic acids is 1. The molecule has 1 aliphatic heterocycles. The van der Waals surface area contributed by atoms with Gasteiger partial charge in [0.2, 0.25) is 0 Å². The molecular formula is C11H13BrNO3P. The van der Waals surface area contributed by atoms with Gasteiger partial charge in [0.15, 0.2) is 0 Å². The van der Waals surface area contributed by atoms with E-state index in [0.717, 1.165) is 11.1 Å². The highest BCUT2D eigenvalue weighted by Gasteiger charge is 2.42. The highest BCUT2D eigenvalue weighted by molar-refractivity contribution is 9.10. The molecule has 0 radical (unpaired) electrons. The van der Waals surface area contributed by atoms with Crippen molar-refractivity contribution in [3.05, 3.63) is 27.2 Å². The lowest BCUT2D eigenvalue weighted by atomic mass is 10.1. The van der Waals surface area contributed by atoms with Gasteiger partial charge in [-0.1, -0.05) is 6.07 Å². The lowest BCUT2D eigenvalue weighted by Gasteiger charge is -2.14. The zero-order valence-corrected chi connectivity index (χ0v) is 12.3. The average Bonchev–Trinajstić information content (AvgIpc) is 2.48. The van der Waals surface area contributed by atoms with E-state index in [9.17, 15) is 9.36 Å². The summed E-state index contributed by atoms with van der Waals surface area (Å²) in [6.07, 6.45) is 0. The Labute approximate surface area is 108 Å². The maximum Gasteiger partial charge on any atom is 0.327 e. The minimum atomic E-state index is -3.23. The van der Waals surface area contributed by atoms with Crippen molar-refractivity contribution in [3.63, 3.8) is 0 Å². The van der Waals surface area contributed by atoms with Crippen LogP contribution in [0.2, 0.25) is 0 Å². The molecule has 0 saturated heterocycles. The Hall–Kier alpha value is -0.640. The monoisotopic (exact) mass is 317 g/mol. The normalized spacial score (nSPS) is 22.5. The predicted molar refractivity (Wildman–Crippen MR) is 69.9 cm³/mol. The molecule has 1 aliphatic rings. The number of hydrogen-bond acceptors (Lipinski definition) is 3. The van der Waals surface area contributed by atoms with Gasteiger partial charge in [-0.3, -0.25) is 14.4 Å². The third kappa shape index (κ3) is 1.86. The summed E-state index contributed by atoms with van der Waals surface area (Å²) in [4.78, 5) is 11.9. The van der Waals surface area contributed by atoms with Crippen LogP contribution >= 0.6 is 23.4 Å². The Morgan fingerprint density at radius 2 is 2.06 bits per heavy atom. The number of fused-ring (bicyclic) bond motifs is 1. The van der Waals surface area contributed by atoms with E-state index in [1.165, 1.54) is 0 Å². The van der Waals surface area contributed by atoms with Crippen molar-refractivity contribution in [1.82, 2.24) is 5.09 Å². The van der Waals surface area contributed by atoms with Gasteiger partial charge in [0.25, 0.3) is 5.91 Å². The Kier molecular flexibility index (Phi) is 3.19. The standard InChI is InChI=1S/C11H13BrNO3P/c1-4-16-17(15)10-7(3)5-6(2)9(12)8(10)11(14)13-17/h5H,4H2,1-3H3,(H,13,14,15).